The lowest BCUT2D eigenvalue weighted by molar-refractivity contribution is 0.445. The topological polar surface area (TPSA) is 49.4 Å². The molecule has 2 rings (SSSR count). The van der Waals surface area contributed by atoms with Crippen molar-refractivity contribution in [1.29, 1.82) is 0 Å². The highest BCUT2D eigenvalue weighted by Crippen LogP contribution is 2.20. The van der Waals surface area contributed by atoms with E-state index in [2.05, 4.69) is 42.8 Å². The summed E-state index contributed by atoms with van der Waals surface area (Å²) in [5.41, 5.74) is 2.31. The fourth-order valence-corrected chi connectivity index (χ4v) is 4.64. The molecule has 0 amide bonds. The maximum absolute atomic E-state index is 12.5. The van der Waals surface area contributed by atoms with Gasteiger partial charge in [0.25, 0.3) is 0 Å². The fraction of sp³-hybridized carbons (Fsp3) is 0.400. The van der Waals surface area contributed by atoms with E-state index in [4.69, 9.17) is 0 Å². The van der Waals surface area contributed by atoms with E-state index in [1.807, 2.05) is 26.0 Å². The van der Waals surface area contributed by atoms with Crippen molar-refractivity contribution >= 4 is 21.8 Å². The van der Waals surface area contributed by atoms with Crippen LogP contribution >= 0.6 is 11.8 Å². The molecule has 0 fully saturated rings. The predicted molar refractivity (Wildman–Crippen MR) is 110 cm³/mol. The van der Waals surface area contributed by atoms with E-state index in [9.17, 15) is 8.42 Å². The SMILES string of the molecule is CCN(CC)S(=O)(=O)c1ccc(C(C)NCc2ccc(SC)cc2)cc1. The molecule has 0 saturated heterocycles. The lowest BCUT2D eigenvalue weighted by atomic mass is 10.1. The molecule has 1 unspecified atom stereocenters. The van der Waals surface area contributed by atoms with Crippen LogP contribution in [0.15, 0.2) is 58.3 Å². The van der Waals surface area contributed by atoms with Crippen LogP contribution in [0, 0.1) is 0 Å². The van der Waals surface area contributed by atoms with Crippen molar-refractivity contribution in [3.05, 3.63) is 59.7 Å². The zero-order chi connectivity index (χ0) is 19.2. The van der Waals surface area contributed by atoms with Crippen LogP contribution in [0.5, 0.6) is 0 Å². The molecule has 0 bridgehead atoms. The summed E-state index contributed by atoms with van der Waals surface area (Å²) >= 11 is 1.73. The first-order valence-electron chi connectivity index (χ1n) is 8.88. The molecular weight excluding hydrogens is 364 g/mol. The highest BCUT2D eigenvalue weighted by atomic mass is 32.2. The molecule has 0 heterocycles. The Morgan fingerprint density at radius 1 is 1.00 bits per heavy atom. The standard InChI is InChI=1S/C20H28N2O2S2/c1-5-22(6-2)26(23,24)20-13-9-18(10-14-20)16(3)21-15-17-7-11-19(25-4)12-8-17/h7-14,16,21H,5-6,15H2,1-4H3. The van der Waals surface area contributed by atoms with Crippen LogP contribution in [0.25, 0.3) is 0 Å². The summed E-state index contributed by atoms with van der Waals surface area (Å²) in [5, 5.41) is 3.49. The van der Waals surface area contributed by atoms with Crippen molar-refractivity contribution < 1.29 is 8.42 Å². The second kappa shape index (κ2) is 9.55. The van der Waals surface area contributed by atoms with E-state index in [1.54, 1.807) is 23.9 Å². The van der Waals surface area contributed by atoms with Crippen LogP contribution < -0.4 is 5.32 Å². The second-order valence-electron chi connectivity index (χ2n) is 6.11. The largest absolute Gasteiger partial charge is 0.306 e. The first-order chi connectivity index (χ1) is 12.4. The van der Waals surface area contributed by atoms with Gasteiger partial charge in [-0.05, 0) is 48.6 Å². The molecule has 0 radical (unpaired) electrons. The molecule has 0 aliphatic heterocycles. The number of nitrogens with one attached hydrogen (secondary N) is 1. The lowest BCUT2D eigenvalue weighted by Gasteiger charge is -2.19. The van der Waals surface area contributed by atoms with Crippen LogP contribution in [-0.4, -0.2) is 32.1 Å². The molecular formula is C20H28N2O2S2. The van der Waals surface area contributed by atoms with Gasteiger partial charge in [-0.2, -0.15) is 4.31 Å². The van der Waals surface area contributed by atoms with E-state index in [0.717, 1.165) is 12.1 Å². The van der Waals surface area contributed by atoms with Gasteiger partial charge in [0.2, 0.25) is 10.0 Å². The van der Waals surface area contributed by atoms with Crippen LogP contribution in [0.4, 0.5) is 0 Å². The minimum Gasteiger partial charge on any atom is -0.306 e. The molecule has 0 aliphatic rings. The maximum atomic E-state index is 12.5. The third-order valence-electron chi connectivity index (χ3n) is 4.49. The summed E-state index contributed by atoms with van der Waals surface area (Å²) in [4.78, 5) is 1.61. The highest BCUT2D eigenvalue weighted by Gasteiger charge is 2.21. The van der Waals surface area contributed by atoms with Gasteiger partial charge in [-0.15, -0.1) is 11.8 Å². The van der Waals surface area contributed by atoms with E-state index in [0.29, 0.717) is 18.0 Å². The molecule has 0 aliphatic carbocycles. The summed E-state index contributed by atoms with van der Waals surface area (Å²) in [6.07, 6.45) is 2.07. The van der Waals surface area contributed by atoms with Crippen molar-refractivity contribution in [1.82, 2.24) is 9.62 Å². The fourth-order valence-electron chi connectivity index (χ4n) is 2.77. The Labute approximate surface area is 162 Å². The minimum atomic E-state index is -3.39. The van der Waals surface area contributed by atoms with E-state index in [1.165, 1.54) is 14.8 Å². The smallest absolute Gasteiger partial charge is 0.243 e. The Morgan fingerprint density at radius 2 is 1.58 bits per heavy atom. The molecule has 26 heavy (non-hydrogen) atoms. The first kappa shape index (κ1) is 21.0. The van der Waals surface area contributed by atoms with Crippen molar-refractivity contribution in [2.24, 2.45) is 0 Å². The van der Waals surface area contributed by atoms with Gasteiger partial charge in [0, 0.05) is 30.6 Å². The number of sulfonamides is 1. The monoisotopic (exact) mass is 392 g/mol. The number of nitrogens with zero attached hydrogens (tertiary/aromatic N) is 1. The molecule has 2 aromatic rings. The highest BCUT2D eigenvalue weighted by molar-refractivity contribution is 7.98. The van der Waals surface area contributed by atoms with Crippen LogP contribution in [0.1, 0.15) is 37.9 Å². The molecule has 0 aromatic heterocycles. The van der Waals surface area contributed by atoms with Gasteiger partial charge in [-0.3, -0.25) is 0 Å². The Hall–Kier alpha value is -1.34. The molecule has 4 nitrogen and oxygen atoms in total. The van der Waals surface area contributed by atoms with Gasteiger partial charge in [0.05, 0.1) is 4.90 Å². The molecule has 142 valence electrons. The van der Waals surface area contributed by atoms with Gasteiger partial charge < -0.3 is 5.32 Å². The van der Waals surface area contributed by atoms with Crippen molar-refractivity contribution in [2.45, 2.75) is 43.1 Å². The predicted octanol–water partition coefficient (Wildman–Crippen LogP) is 4.29. The first-order valence-corrected chi connectivity index (χ1v) is 11.5. The summed E-state index contributed by atoms with van der Waals surface area (Å²) < 4.78 is 26.6. The van der Waals surface area contributed by atoms with Gasteiger partial charge in [-0.1, -0.05) is 38.1 Å². The van der Waals surface area contributed by atoms with Gasteiger partial charge >= 0.3 is 0 Å². The number of hydrogen-bond acceptors (Lipinski definition) is 4. The summed E-state index contributed by atoms with van der Waals surface area (Å²) in [7, 11) is -3.39. The number of benzene rings is 2. The average Bonchev–Trinajstić information content (AvgIpc) is 2.67. The van der Waals surface area contributed by atoms with Crippen molar-refractivity contribution in [3.63, 3.8) is 0 Å². The summed E-state index contributed by atoms with van der Waals surface area (Å²) in [6, 6.07) is 15.8. The molecule has 1 N–H and O–H groups in total. The Morgan fingerprint density at radius 3 is 2.08 bits per heavy atom. The Bertz CT molecular complexity index is 784. The van der Waals surface area contributed by atoms with Gasteiger partial charge in [0.15, 0.2) is 0 Å². The zero-order valence-corrected chi connectivity index (χ0v) is 17.5. The van der Waals surface area contributed by atoms with Crippen molar-refractivity contribution in [3.8, 4) is 0 Å². The van der Waals surface area contributed by atoms with Crippen LogP contribution in [-0.2, 0) is 16.6 Å². The third kappa shape index (κ3) is 5.10. The lowest BCUT2D eigenvalue weighted by Crippen LogP contribution is -2.30. The molecule has 0 spiro atoms. The summed E-state index contributed by atoms with van der Waals surface area (Å²) in [5.74, 6) is 0. The normalized spacial score (nSPS) is 13.1. The molecule has 6 heteroatoms. The minimum absolute atomic E-state index is 0.139. The quantitative estimate of drug-likeness (QED) is 0.647. The van der Waals surface area contributed by atoms with E-state index < -0.39 is 10.0 Å². The zero-order valence-electron chi connectivity index (χ0n) is 15.9. The van der Waals surface area contributed by atoms with Gasteiger partial charge in [-0.25, -0.2) is 8.42 Å². The number of rotatable bonds is 9. The van der Waals surface area contributed by atoms with Crippen LogP contribution in [0.2, 0.25) is 0 Å². The van der Waals surface area contributed by atoms with Crippen LogP contribution in [0.3, 0.4) is 0 Å². The second-order valence-corrected chi connectivity index (χ2v) is 8.93. The molecule has 2 aromatic carbocycles. The molecule has 0 saturated carbocycles. The maximum Gasteiger partial charge on any atom is 0.243 e. The number of hydrogen-bond donors (Lipinski definition) is 1. The number of thioether (sulfide) groups is 1. The van der Waals surface area contributed by atoms with E-state index in [-0.39, 0.29) is 6.04 Å². The summed E-state index contributed by atoms with van der Waals surface area (Å²) in [6.45, 7) is 7.53. The Kier molecular flexibility index (Phi) is 7.70. The van der Waals surface area contributed by atoms with E-state index >= 15 is 0 Å². The third-order valence-corrected chi connectivity index (χ3v) is 7.30. The Balaban J connectivity index is 2.02. The van der Waals surface area contributed by atoms with Gasteiger partial charge in [0.1, 0.15) is 0 Å². The van der Waals surface area contributed by atoms with Crippen molar-refractivity contribution in [2.75, 3.05) is 19.3 Å². The average molecular weight is 393 g/mol. The molecule has 1 atom stereocenters.